The van der Waals surface area contributed by atoms with Crippen molar-refractivity contribution in [1.82, 2.24) is 19.8 Å². The number of nitrogens with two attached hydrogens (primary N) is 1. The zero-order valence-electron chi connectivity index (χ0n) is 11.0. The third-order valence-electron chi connectivity index (χ3n) is 4.45. The van der Waals surface area contributed by atoms with Crippen LogP contribution >= 0.6 is 0 Å². The Balaban J connectivity index is 1.70. The van der Waals surface area contributed by atoms with E-state index < -0.39 is 0 Å². The molecule has 4 aliphatic rings. The van der Waals surface area contributed by atoms with Crippen LogP contribution < -0.4 is 5.73 Å². The molecule has 1 unspecified atom stereocenters. The maximum Gasteiger partial charge on any atom is 0.149 e. The van der Waals surface area contributed by atoms with Gasteiger partial charge < -0.3 is 10.5 Å². The predicted octanol–water partition coefficient (Wildman–Crippen LogP) is -0.196. The minimum absolute atomic E-state index is 0.318. The second-order valence-corrected chi connectivity index (χ2v) is 5.55. The van der Waals surface area contributed by atoms with Crippen molar-refractivity contribution in [2.75, 3.05) is 45.1 Å². The first-order valence-corrected chi connectivity index (χ1v) is 7.00. The van der Waals surface area contributed by atoms with Crippen LogP contribution in [-0.4, -0.2) is 59.1 Å². The van der Waals surface area contributed by atoms with Crippen LogP contribution in [-0.2, 0) is 17.8 Å². The second-order valence-electron chi connectivity index (χ2n) is 5.55. The van der Waals surface area contributed by atoms with Crippen LogP contribution in [0.4, 0.5) is 5.82 Å². The van der Waals surface area contributed by atoms with Crippen LogP contribution in [0.2, 0.25) is 0 Å². The molecule has 4 aliphatic heterocycles. The van der Waals surface area contributed by atoms with Crippen molar-refractivity contribution in [2.45, 2.75) is 19.1 Å². The quantitative estimate of drug-likeness (QED) is 0.755. The first kappa shape index (κ1) is 11.6. The Morgan fingerprint density at radius 1 is 1.16 bits per heavy atom. The number of ether oxygens (including phenoxy) is 1. The van der Waals surface area contributed by atoms with Gasteiger partial charge in [-0.25, -0.2) is 9.97 Å². The molecule has 5 rings (SSSR count). The third-order valence-corrected chi connectivity index (χ3v) is 4.45. The summed E-state index contributed by atoms with van der Waals surface area (Å²) in [5.41, 5.74) is 8.16. The number of fused-ring (bicyclic) bond motifs is 4. The molecule has 2 N–H and O–H groups in total. The number of hydrogen-bond donors (Lipinski definition) is 1. The molecule has 3 fully saturated rings. The topological polar surface area (TPSA) is 67.5 Å². The molecule has 0 saturated carbocycles. The molecule has 1 atom stereocenters. The van der Waals surface area contributed by atoms with E-state index in [0.29, 0.717) is 18.5 Å². The van der Waals surface area contributed by atoms with E-state index in [4.69, 9.17) is 15.5 Å². The van der Waals surface area contributed by atoms with Crippen LogP contribution in [0.5, 0.6) is 0 Å². The van der Waals surface area contributed by atoms with Crippen molar-refractivity contribution >= 4 is 5.82 Å². The Hall–Kier alpha value is -1.24. The van der Waals surface area contributed by atoms with Crippen molar-refractivity contribution in [3.05, 3.63) is 17.1 Å². The van der Waals surface area contributed by atoms with Gasteiger partial charge >= 0.3 is 0 Å². The Morgan fingerprint density at radius 2 is 2.00 bits per heavy atom. The summed E-state index contributed by atoms with van der Waals surface area (Å²) >= 11 is 0. The summed E-state index contributed by atoms with van der Waals surface area (Å²) in [4.78, 5) is 14.3. The van der Waals surface area contributed by atoms with E-state index in [-0.39, 0.29) is 0 Å². The van der Waals surface area contributed by atoms with Gasteiger partial charge in [0.1, 0.15) is 11.6 Å². The Morgan fingerprint density at radius 3 is 2.74 bits per heavy atom. The molecule has 1 aromatic heterocycles. The molecule has 102 valence electrons. The van der Waals surface area contributed by atoms with Gasteiger partial charge in [0.25, 0.3) is 0 Å². The maximum atomic E-state index is 6.08. The van der Waals surface area contributed by atoms with Crippen LogP contribution in [0, 0.1) is 0 Å². The van der Waals surface area contributed by atoms with Gasteiger partial charge in [-0.3, -0.25) is 9.80 Å². The maximum absolute atomic E-state index is 6.08. The smallest absolute Gasteiger partial charge is 0.149 e. The molecule has 0 aromatic carbocycles. The summed E-state index contributed by atoms with van der Waals surface area (Å²) in [5.74, 6) is 1.51. The largest absolute Gasteiger partial charge is 0.383 e. The minimum Gasteiger partial charge on any atom is -0.383 e. The number of aromatic nitrogens is 2. The van der Waals surface area contributed by atoms with E-state index in [1.54, 1.807) is 0 Å². The fraction of sp³-hybridized carbons (Fsp3) is 0.692. The van der Waals surface area contributed by atoms with Crippen molar-refractivity contribution in [2.24, 2.45) is 0 Å². The van der Waals surface area contributed by atoms with E-state index in [2.05, 4.69) is 14.8 Å². The predicted molar refractivity (Wildman–Crippen MR) is 70.6 cm³/mol. The lowest BCUT2D eigenvalue weighted by molar-refractivity contribution is 0.00839. The fourth-order valence-corrected chi connectivity index (χ4v) is 3.29. The summed E-state index contributed by atoms with van der Waals surface area (Å²) in [6.45, 7) is 6.91. The molecule has 19 heavy (non-hydrogen) atoms. The second kappa shape index (κ2) is 4.40. The molecule has 3 saturated heterocycles. The van der Waals surface area contributed by atoms with E-state index >= 15 is 0 Å². The van der Waals surface area contributed by atoms with Crippen molar-refractivity contribution in [3.63, 3.8) is 0 Å². The van der Waals surface area contributed by atoms with Gasteiger partial charge in [0.2, 0.25) is 0 Å². The highest BCUT2D eigenvalue weighted by molar-refractivity contribution is 5.43. The molecule has 5 heterocycles. The zero-order valence-corrected chi connectivity index (χ0v) is 11.0. The highest BCUT2D eigenvalue weighted by Gasteiger charge is 2.35. The first-order chi connectivity index (χ1) is 9.31. The summed E-state index contributed by atoms with van der Waals surface area (Å²) < 4.78 is 5.43. The molecule has 0 spiro atoms. The van der Waals surface area contributed by atoms with Gasteiger partial charge in [-0.1, -0.05) is 0 Å². The van der Waals surface area contributed by atoms with Gasteiger partial charge in [0.05, 0.1) is 24.9 Å². The van der Waals surface area contributed by atoms with Gasteiger partial charge in [-0.15, -0.1) is 0 Å². The highest BCUT2D eigenvalue weighted by Crippen LogP contribution is 2.29. The molecular formula is C13H19N5O. The number of hydrogen-bond acceptors (Lipinski definition) is 6. The summed E-state index contributed by atoms with van der Waals surface area (Å²) in [5, 5.41) is 0. The molecule has 6 nitrogen and oxygen atoms in total. The van der Waals surface area contributed by atoms with Crippen molar-refractivity contribution in [3.8, 4) is 0 Å². The number of piperazine rings is 3. The minimum atomic E-state index is 0.318. The SMILES string of the molecule is Nc1nc(C2CN3CCN2CC3)nc2c1COCC2. The van der Waals surface area contributed by atoms with E-state index in [1.165, 1.54) is 13.1 Å². The van der Waals surface area contributed by atoms with Crippen LogP contribution in [0.3, 0.4) is 0 Å². The van der Waals surface area contributed by atoms with E-state index in [9.17, 15) is 0 Å². The normalized spacial score (nSPS) is 33.2. The highest BCUT2D eigenvalue weighted by atomic mass is 16.5. The van der Waals surface area contributed by atoms with Gasteiger partial charge in [-0.2, -0.15) is 0 Å². The van der Waals surface area contributed by atoms with Crippen LogP contribution in [0.25, 0.3) is 0 Å². The Kier molecular flexibility index (Phi) is 2.68. The lowest BCUT2D eigenvalue weighted by Gasteiger charge is -2.46. The monoisotopic (exact) mass is 261 g/mol. The first-order valence-electron chi connectivity index (χ1n) is 7.00. The molecular weight excluding hydrogens is 242 g/mol. The lowest BCUT2D eigenvalue weighted by atomic mass is 10.1. The number of nitrogens with zero attached hydrogens (tertiary/aromatic N) is 4. The van der Waals surface area contributed by atoms with Crippen LogP contribution in [0.15, 0.2) is 0 Å². The van der Waals surface area contributed by atoms with Crippen molar-refractivity contribution < 1.29 is 4.74 Å². The number of nitrogen functional groups attached to an aromatic ring is 1. The van der Waals surface area contributed by atoms with Gasteiger partial charge in [0.15, 0.2) is 0 Å². The summed E-state index contributed by atoms with van der Waals surface area (Å²) in [6, 6.07) is 0.318. The Bertz CT molecular complexity index is 498. The lowest BCUT2D eigenvalue weighted by Crippen LogP contribution is -2.57. The standard InChI is InChI=1S/C13H19N5O/c14-12-9-8-19-6-1-10(9)15-13(16-12)11-7-17-2-4-18(11)5-3-17/h11H,1-8H2,(H2,14,15,16). The summed E-state index contributed by atoms with van der Waals surface area (Å²) in [6.07, 6.45) is 0.853. The fourth-order valence-electron chi connectivity index (χ4n) is 3.29. The molecule has 0 radical (unpaired) electrons. The van der Waals surface area contributed by atoms with Crippen molar-refractivity contribution in [1.29, 1.82) is 0 Å². The van der Waals surface area contributed by atoms with E-state index in [1.807, 2.05) is 0 Å². The average Bonchev–Trinajstić information content (AvgIpc) is 2.48. The average molecular weight is 261 g/mol. The Labute approximate surface area is 112 Å². The van der Waals surface area contributed by atoms with Gasteiger partial charge in [0, 0.05) is 44.7 Å². The number of anilines is 1. The summed E-state index contributed by atoms with van der Waals surface area (Å²) in [7, 11) is 0. The third kappa shape index (κ3) is 1.91. The number of rotatable bonds is 1. The molecule has 6 heteroatoms. The van der Waals surface area contributed by atoms with Crippen LogP contribution in [0.1, 0.15) is 23.1 Å². The zero-order chi connectivity index (χ0) is 12.8. The van der Waals surface area contributed by atoms with E-state index in [0.717, 1.165) is 49.7 Å². The molecule has 2 bridgehead atoms. The van der Waals surface area contributed by atoms with Gasteiger partial charge in [-0.05, 0) is 0 Å². The molecule has 1 aromatic rings. The molecule has 0 aliphatic carbocycles. The molecule has 0 amide bonds.